The van der Waals surface area contributed by atoms with Crippen LogP contribution in [0.1, 0.15) is 24.2 Å². The second-order valence-corrected chi connectivity index (χ2v) is 7.45. The number of thiazole rings is 1. The summed E-state index contributed by atoms with van der Waals surface area (Å²) in [5, 5.41) is 3.03. The maximum atomic E-state index is 13.2. The van der Waals surface area contributed by atoms with E-state index in [1.54, 1.807) is 16.8 Å². The first-order valence-electron chi connectivity index (χ1n) is 9.02. The zero-order valence-corrected chi connectivity index (χ0v) is 17.6. The minimum absolute atomic E-state index is 0.150. The van der Waals surface area contributed by atoms with E-state index >= 15 is 0 Å². The van der Waals surface area contributed by atoms with Crippen LogP contribution >= 0.6 is 11.3 Å². The molecule has 28 heavy (non-hydrogen) atoms. The Morgan fingerprint density at radius 3 is 2.79 bits per heavy atom. The molecule has 2 heterocycles. The number of hydrogen-bond donors (Lipinski definition) is 3. The monoisotopic (exact) mass is 406 g/mol. The summed E-state index contributed by atoms with van der Waals surface area (Å²) in [6, 6.07) is 9.57. The van der Waals surface area contributed by atoms with Crippen molar-refractivity contribution in [3.05, 3.63) is 41.4 Å². The van der Waals surface area contributed by atoms with Crippen molar-refractivity contribution in [2.75, 3.05) is 27.6 Å². The number of H-pyrrole nitrogens is 1. The van der Waals surface area contributed by atoms with Crippen LogP contribution in [0.25, 0.3) is 21.3 Å². The van der Waals surface area contributed by atoms with Crippen LogP contribution in [0.3, 0.4) is 0 Å². The van der Waals surface area contributed by atoms with Gasteiger partial charge in [-0.15, -0.1) is 11.3 Å². The molecule has 7 nitrogen and oxygen atoms in total. The van der Waals surface area contributed by atoms with Crippen LogP contribution in [-0.4, -0.2) is 50.5 Å². The Morgan fingerprint density at radius 2 is 2.04 bits per heavy atom. The van der Waals surface area contributed by atoms with Gasteiger partial charge in [0.15, 0.2) is 5.95 Å². The fraction of sp³-hybridized carbons (Fsp3) is 0.211. The van der Waals surface area contributed by atoms with Gasteiger partial charge in [-0.3, -0.25) is 4.79 Å². The number of nitrogens with one attached hydrogen (secondary N) is 3. The molecule has 0 spiro atoms. The van der Waals surface area contributed by atoms with Crippen molar-refractivity contribution in [3.8, 4) is 0 Å². The molecule has 0 saturated carbocycles. The fourth-order valence-electron chi connectivity index (χ4n) is 3.25. The maximum absolute atomic E-state index is 13.2. The summed E-state index contributed by atoms with van der Waals surface area (Å²) in [4.78, 5) is 27.3. The lowest BCUT2D eigenvalue weighted by molar-refractivity contribution is 0.102. The molecule has 0 saturated heterocycles. The summed E-state index contributed by atoms with van der Waals surface area (Å²) in [5.41, 5.74) is 6.60. The topological polar surface area (TPSA) is 85.9 Å². The molecule has 0 atom stereocenters. The minimum atomic E-state index is -0.150. The molecule has 2 aromatic heterocycles. The summed E-state index contributed by atoms with van der Waals surface area (Å²) >= 11 is 3.97. The number of benzene rings is 2. The third kappa shape index (κ3) is 3.44. The number of carbonyl (C=O) groups is 1. The predicted octanol–water partition coefficient (Wildman–Crippen LogP) is 3.77. The number of amides is 1. The first kappa shape index (κ1) is 18.8. The molecule has 2 aromatic carbocycles. The number of aromatic nitrogens is 3. The van der Waals surface area contributed by atoms with Crippen LogP contribution in [0.4, 0.5) is 17.3 Å². The molecule has 2 radical (unpaired) electrons. The lowest BCUT2D eigenvalue weighted by Gasteiger charge is -2.23. The van der Waals surface area contributed by atoms with Crippen molar-refractivity contribution >= 4 is 72.3 Å². The molecule has 0 aliphatic heterocycles. The van der Waals surface area contributed by atoms with Crippen LogP contribution in [0, 0.1) is 0 Å². The van der Waals surface area contributed by atoms with E-state index in [0.29, 0.717) is 11.5 Å². The number of carbonyl (C=O) groups excluding carboxylic acids is 1. The zero-order chi connectivity index (χ0) is 19.7. The predicted molar refractivity (Wildman–Crippen MR) is 117 cm³/mol. The summed E-state index contributed by atoms with van der Waals surface area (Å²) in [6.45, 7) is 5.75. The molecule has 0 aliphatic rings. The Morgan fingerprint density at radius 1 is 1.21 bits per heavy atom. The number of hydrogen-bond acceptors (Lipinski definition) is 6. The van der Waals surface area contributed by atoms with Crippen LogP contribution in [-0.2, 0) is 0 Å². The highest BCUT2D eigenvalue weighted by Gasteiger charge is 2.18. The van der Waals surface area contributed by atoms with Gasteiger partial charge < -0.3 is 19.5 Å². The molecule has 0 unspecified atom stereocenters. The average Bonchev–Trinajstić information content (AvgIpc) is 3.33. The fourth-order valence-corrected chi connectivity index (χ4v) is 4.11. The molecule has 0 fully saturated rings. The lowest BCUT2D eigenvalue weighted by atomic mass is 10.1. The third-order valence-corrected chi connectivity index (χ3v) is 5.74. The van der Waals surface area contributed by atoms with Crippen LogP contribution in [0.5, 0.6) is 0 Å². The smallest absolute Gasteiger partial charge is 0.310 e. The second-order valence-electron chi connectivity index (χ2n) is 6.28. The number of nitrogens with zero attached hydrogens (tertiary/aromatic N) is 3. The van der Waals surface area contributed by atoms with E-state index in [2.05, 4.69) is 59.8 Å². The van der Waals surface area contributed by atoms with E-state index in [0.717, 1.165) is 45.7 Å². The van der Waals surface area contributed by atoms with Gasteiger partial charge in [-0.25, -0.2) is 9.97 Å². The van der Waals surface area contributed by atoms with Gasteiger partial charge in [-0.05, 0) is 44.2 Å². The summed E-state index contributed by atoms with van der Waals surface area (Å²) < 4.78 is 3.97. The van der Waals surface area contributed by atoms with Crippen LogP contribution in [0.15, 0.2) is 35.8 Å². The van der Waals surface area contributed by atoms with Gasteiger partial charge >= 0.3 is 16.5 Å². The van der Waals surface area contributed by atoms with Gasteiger partial charge in [0, 0.05) is 18.8 Å². The van der Waals surface area contributed by atoms with Gasteiger partial charge in [0.2, 0.25) is 0 Å². The number of aromatic amines is 1. The van der Waals surface area contributed by atoms with Crippen molar-refractivity contribution < 1.29 is 4.79 Å². The lowest BCUT2D eigenvalue weighted by Crippen LogP contribution is -2.25. The van der Waals surface area contributed by atoms with E-state index in [1.165, 1.54) is 0 Å². The molecular weight excluding hydrogens is 387 g/mol. The Balaban J connectivity index is 1.75. The average molecular weight is 406 g/mol. The van der Waals surface area contributed by atoms with Gasteiger partial charge in [-0.1, -0.05) is 0 Å². The molecule has 3 N–H and O–H groups in total. The normalized spacial score (nSPS) is 11.1. The molecule has 140 valence electrons. The van der Waals surface area contributed by atoms with Gasteiger partial charge in [0.05, 0.1) is 38.0 Å². The number of fused-ring (bicyclic) bond motifs is 2. The van der Waals surface area contributed by atoms with Crippen LogP contribution < -0.4 is 14.5 Å². The van der Waals surface area contributed by atoms with Gasteiger partial charge in [0.1, 0.15) is 0 Å². The molecular formula is C19H19AlN6OS. The Bertz CT molecular complexity index is 1150. The number of rotatable bonds is 6. The Kier molecular flexibility index (Phi) is 5.22. The number of anilines is 3. The standard InChI is InChI=1S/C19H20N6OS.Al/c1-3-25(4-2)16-9-15-14(23-19(20)24-15)8-12(16)18(26)22-11-5-6-13-17(7-11)27-10-21-13;/h5-10H,3-4H2,1-2H3,(H4,20,22,23,24,26);/q;+1/p-1. The first-order chi connectivity index (χ1) is 13.6. The molecule has 9 heteroatoms. The van der Waals surface area contributed by atoms with Crippen molar-refractivity contribution in [2.24, 2.45) is 0 Å². The quantitative estimate of drug-likeness (QED) is 0.425. The Labute approximate surface area is 174 Å². The highest BCUT2D eigenvalue weighted by Crippen LogP contribution is 2.29. The van der Waals surface area contributed by atoms with E-state index in [4.69, 9.17) is 0 Å². The van der Waals surface area contributed by atoms with Crippen molar-refractivity contribution in [1.29, 1.82) is 0 Å². The summed E-state index contributed by atoms with van der Waals surface area (Å²) in [6.07, 6.45) is 0. The van der Waals surface area contributed by atoms with Gasteiger partial charge in [-0.2, -0.15) is 0 Å². The molecule has 0 bridgehead atoms. The van der Waals surface area contributed by atoms with Crippen LogP contribution in [0.2, 0.25) is 0 Å². The summed E-state index contributed by atoms with van der Waals surface area (Å²) in [5.74, 6) is 0.487. The van der Waals surface area contributed by atoms with E-state index in [1.807, 2.05) is 30.3 Å². The van der Waals surface area contributed by atoms with Crippen molar-refractivity contribution in [3.63, 3.8) is 0 Å². The zero-order valence-electron chi connectivity index (χ0n) is 15.6. The van der Waals surface area contributed by atoms with Gasteiger partial charge in [0.25, 0.3) is 5.91 Å². The highest BCUT2D eigenvalue weighted by molar-refractivity contribution is 7.16. The minimum Gasteiger partial charge on any atom is -0.463 e. The third-order valence-electron chi connectivity index (χ3n) is 4.67. The second kappa shape index (κ2) is 7.80. The number of imidazole rings is 1. The molecule has 4 rings (SSSR count). The maximum Gasteiger partial charge on any atom is 0.310 e. The highest BCUT2D eigenvalue weighted by atomic mass is 32.1. The summed E-state index contributed by atoms with van der Waals surface area (Å²) in [7, 11) is 0. The van der Waals surface area contributed by atoms with E-state index in [9.17, 15) is 4.79 Å². The molecule has 4 aromatic rings. The molecule has 0 aliphatic carbocycles. The van der Waals surface area contributed by atoms with E-state index < -0.39 is 0 Å². The van der Waals surface area contributed by atoms with Crippen molar-refractivity contribution in [1.82, 2.24) is 15.0 Å². The Hall–Kier alpha value is -2.60. The SMILES string of the molecule is CCN(CC)c1cc2nc([NH][Al])[nH]c2cc1C(=O)Nc1ccc2ncsc2c1. The first-order valence-corrected chi connectivity index (χ1v) is 10.5. The largest absolute Gasteiger partial charge is 0.463 e. The van der Waals surface area contributed by atoms with Crippen molar-refractivity contribution in [2.45, 2.75) is 13.8 Å². The molecule has 1 amide bonds. The van der Waals surface area contributed by atoms with E-state index in [-0.39, 0.29) is 5.91 Å².